The quantitative estimate of drug-likeness (QED) is 0.657. The van der Waals surface area contributed by atoms with Gasteiger partial charge in [0.05, 0.1) is 5.71 Å². The summed E-state index contributed by atoms with van der Waals surface area (Å²) >= 11 is 0. The summed E-state index contributed by atoms with van der Waals surface area (Å²) in [6.07, 6.45) is 0.739. The van der Waals surface area contributed by atoms with Crippen molar-refractivity contribution >= 4 is 11.6 Å². The number of hydrazone groups is 1. The van der Waals surface area contributed by atoms with Crippen LogP contribution in [0.15, 0.2) is 59.7 Å². The van der Waals surface area contributed by atoms with E-state index in [4.69, 9.17) is 4.74 Å². The first-order valence-corrected chi connectivity index (χ1v) is 7.29. The highest BCUT2D eigenvalue weighted by Crippen LogP contribution is 2.11. The molecule has 0 atom stereocenters. The minimum Gasteiger partial charge on any atom is -0.484 e. The number of nitrogens with one attached hydrogen (secondary N) is 1. The van der Waals surface area contributed by atoms with Crippen LogP contribution >= 0.6 is 0 Å². The fraction of sp³-hybridized carbons (Fsp3) is 0.222. The van der Waals surface area contributed by atoms with Crippen LogP contribution in [0.25, 0.3) is 0 Å². The molecule has 0 bridgehead atoms. The third-order valence-corrected chi connectivity index (χ3v) is 3.12. The Bertz CT molecular complexity index is 651. The first-order chi connectivity index (χ1) is 10.7. The van der Waals surface area contributed by atoms with Gasteiger partial charge in [0.2, 0.25) is 0 Å². The van der Waals surface area contributed by atoms with Crippen LogP contribution in [0.5, 0.6) is 5.75 Å². The zero-order chi connectivity index (χ0) is 15.8. The number of hydrogen-bond donors (Lipinski definition) is 1. The number of aryl methyl sites for hydroxylation is 1. The van der Waals surface area contributed by atoms with Crippen molar-refractivity contribution in [2.75, 3.05) is 6.61 Å². The molecule has 2 aromatic rings. The lowest BCUT2D eigenvalue weighted by atomic mass is 10.1. The second-order valence-corrected chi connectivity index (χ2v) is 4.92. The van der Waals surface area contributed by atoms with Gasteiger partial charge in [-0.1, -0.05) is 49.4 Å². The summed E-state index contributed by atoms with van der Waals surface area (Å²) in [5.41, 5.74) is 5.47. The molecule has 0 fully saturated rings. The van der Waals surface area contributed by atoms with E-state index in [1.54, 1.807) is 0 Å². The number of benzene rings is 2. The van der Waals surface area contributed by atoms with E-state index < -0.39 is 0 Å². The summed E-state index contributed by atoms with van der Waals surface area (Å²) in [6.45, 7) is 3.92. The molecule has 0 aliphatic carbocycles. The number of amides is 1. The van der Waals surface area contributed by atoms with E-state index >= 15 is 0 Å². The normalized spacial score (nSPS) is 11.1. The number of ether oxygens (including phenoxy) is 1. The highest BCUT2D eigenvalue weighted by Gasteiger charge is 2.04. The molecule has 4 nitrogen and oxygen atoms in total. The molecule has 1 amide bonds. The number of nitrogens with zero attached hydrogens (tertiary/aromatic N) is 1. The lowest BCUT2D eigenvalue weighted by molar-refractivity contribution is -0.123. The zero-order valence-electron chi connectivity index (χ0n) is 12.9. The van der Waals surface area contributed by atoms with Crippen molar-refractivity contribution in [3.05, 3.63) is 65.7 Å². The van der Waals surface area contributed by atoms with Gasteiger partial charge in [-0.05, 0) is 36.6 Å². The summed E-state index contributed by atoms with van der Waals surface area (Å²) in [4.78, 5) is 11.8. The smallest absolute Gasteiger partial charge is 0.277 e. The number of hydrogen-bond acceptors (Lipinski definition) is 3. The summed E-state index contributed by atoms with van der Waals surface area (Å²) in [7, 11) is 0. The predicted molar refractivity (Wildman–Crippen MR) is 88.1 cm³/mol. The van der Waals surface area contributed by atoms with Gasteiger partial charge >= 0.3 is 0 Å². The summed E-state index contributed by atoms with van der Waals surface area (Å²) in [5.74, 6) is 0.404. The van der Waals surface area contributed by atoms with Crippen molar-refractivity contribution in [3.8, 4) is 5.75 Å². The van der Waals surface area contributed by atoms with Crippen molar-refractivity contribution in [2.24, 2.45) is 5.10 Å². The van der Waals surface area contributed by atoms with Crippen molar-refractivity contribution < 1.29 is 9.53 Å². The lowest BCUT2D eigenvalue weighted by Gasteiger charge is -2.07. The van der Waals surface area contributed by atoms with Gasteiger partial charge < -0.3 is 4.74 Å². The second-order valence-electron chi connectivity index (χ2n) is 4.92. The SMILES string of the molecule is CC/C(=N\NC(=O)COc1cccc(C)c1)c1ccccc1. The highest BCUT2D eigenvalue weighted by molar-refractivity contribution is 6.00. The molecule has 2 rings (SSSR count). The van der Waals surface area contributed by atoms with E-state index in [1.807, 2.05) is 68.4 Å². The van der Waals surface area contributed by atoms with Gasteiger partial charge in [-0.2, -0.15) is 5.10 Å². The molecule has 2 aromatic carbocycles. The minimum absolute atomic E-state index is 0.0568. The van der Waals surface area contributed by atoms with Crippen LogP contribution in [0.1, 0.15) is 24.5 Å². The van der Waals surface area contributed by atoms with Crippen LogP contribution in [-0.4, -0.2) is 18.2 Å². The van der Waals surface area contributed by atoms with Gasteiger partial charge in [-0.25, -0.2) is 5.43 Å². The van der Waals surface area contributed by atoms with Crippen LogP contribution in [0, 0.1) is 6.92 Å². The van der Waals surface area contributed by atoms with Gasteiger partial charge in [0.15, 0.2) is 6.61 Å². The topological polar surface area (TPSA) is 50.7 Å². The maximum Gasteiger partial charge on any atom is 0.277 e. The summed E-state index contributed by atoms with van der Waals surface area (Å²) in [6, 6.07) is 17.4. The standard InChI is InChI=1S/C18H20N2O2/c1-3-17(15-9-5-4-6-10-15)19-20-18(21)13-22-16-11-7-8-14(2)12-16/h4-12H,3,13H2,1-2H3,(H,20,21)/b19-17+. The number of rotatable bonds is 6. The van der Waals surface area contributed by atoms with Crippen molar-refractivity contribution in [1.82, 2.24) is 5.43 Å². The predicted octanol–water partition coefficient (Wildman–Crippen LogP) is 3.30. The maximum atomic E-state index is 11.8. The van der Waals surface area contributed by atoms with Crippen molar-refractivity contribution in [2.45, 2.75) is 20.3 Å². The van der Waals surface area contributed by atoms with E-state index in [0.29, 0.717) is 5.75 Å². The van der Waals surface area contributed by atoms with Gasteiger partial charge in [0, 0.05) is 0 Å². The Morgan fingerprint density at radius 3 is 2.59 bits per heavy atom. The molecular weight excluding hydrogens is 276 g/mol. The molecule has 0 saturated heterocycles. The zero-order valence-corrected chi connectivity index (χ0v) is 12.9. The van der Waals surface area contributed by atoms with Crippen LogP contribution in [-0.2, 0) is 4.79 Å². The number of carbonyl (C=O) groups is 1. The molecule has 0 heterocycles. The minimum atomic E-state index is -0.275. The van der Waals surface area contributed by atoms with Crippen LogP contribution < -0.4 is 10.2 Å². The number of carbonyl (C=O) groups excluding carboxylic acids is 1. The Balaban J connectivity index is 1.90. The molecule has 0 aliphatic heterocycles. The molecule has 0 unspecified atom stereocenters. The van der Waals surface area contributed by atoms with E-state index in [9.17, 15) is 4.79 Å². The molecule has 114 valence electrons. The van der Waals surface area contributed by atoms with Crippen molar-refractivity contribution in [3.63, 3.8) is 0 Å². The largest absolute Gasteiger partial charge is 0.484 e. The second kappa shape index (κ2) is 7.98. The molecule has 22 heavy (non-hydrogen) atoms. The van der Waals surface area contributed by atoms with E-state index in [2.05, 4.69) is 10.5 Å². The Hall–Kier alpha value is -2.62. The third-order valence-electron chi connectivity index (χ3n) is 3.12. The van der Waals surface area contributed by atoms with Gasteiger partial charge in [-0.15, -0.1) is 0 Å². The Kier molecular flexibility index (Phi) is 5.72. The monoisotopic (exact) mass is 296 g/mol. The van der Waals surface area contributed by atoms with Crippen molar-refractivity contribution in [1.29, 1.82) is 0 Å². The van der Waals surface area contributed by atoms with Crippen LogP contribution in [0.4, 0.5) is 0 Å². The van der Waals surface area contributed by atoms with E-state index in [1.165, 1.54) is 0 Å². The first kappa shape index (κ1) is 15.8. The lowest BCUT2D eigenvalue weighted by Crippen LogP contribution is -2.26. The Morgan fingerprint density at radius 1 is 1.14 bits per heavy atom. The van der Waals surface area contributed by atoms with Gasteiger partial charge in [0.1, 0.15) is 5.75 Å². The van der Waals surface area contributed by atoms with Gasteiger partial charge in [-0.3, -0.25) is 4.79 Å². The average Bonchev–Trinajstić information content (AvgIpc) is 2.54. The first-order valence-electron chi connectivity index (χ1n) is 7.29. The van der Waals surface area contributed by atoms with Crippen LogP contribution in [0.2, 0.25) is 0 Å². The molecule has 0 spiro atoms. The molecule has 0 saturated carbocycles. The Labute approximate surface area is 130 Å². The molecule has 0 radical (unpaired) electrons. The summed E-state index contributed by atoms with van der Waals surface area (Å²) in [5, 5.41) is 4.18. The fourth-order valence-corrected chi connectivity index (χ4v) is 1.99. The van der Waals surface area contributed by atoms with Gasteiger partial charge in [0.25, 0.3) is 5.91 Å². The summed E-state index contributed by atoms with van der Waals surface area (Å²) < 4.78 is 5.44. The highest BCUT2D eigenvalue weighted by atomic mass is 16.5. The molecule has 0 aromatic heterocycles. The molecule has 0 aliphatic rings. The average molecular weight is 296 g/mol. The maximum absolute atomic E-state index is 11.8. The van der Waals surface area contributed by atoms with Crippen LogP contribution in [0.3, 0.4) is 0 Å². The van der Waals surface area contributed by atoms with E-state index in [-0.39, 0.29) is 12.5 Å². The molecular formula is C18H20N2O2. The fourth-order valence-electron chi connectivity index (χ4n) is 1.99. The Morgan fingerprint density at radius 2 is 1.91 bits per heavy atom. The molecule has 1 N–H and O–H groups in total. The molecule has 4 heteroatoms. The third kappa shape index (κ3) is 4.74. The van der Waals surface area contributed by atoms with E-state index in [0.717, 1.165) is 23.3 Å².